The maximum Gasteiger partial charge on any atom is 0.0409 e. The summed E-state index contributed by atoms with van der Waals surface area (Å²) in [7, 11) is 0. The summed E-state index contributed by atoms with van der Waals surface area (Å²) >= 11 is 6.50. The molecule has 0 aliphatic heterocycles. The fourth-order valence-electron chi connectivity index (χ4n) is 11.7. The van der Waals surface area contributed by atoms with Crippen molar-refractivity contribution in [2.45, 2.75) is 148 Å². The van der Waals surface area contributed by atoms with Gasteiger partial charge in [-0.3, -0.25) is 0 Å². The fourth-order valence-corrected chi connectivity index (χ4v) is 11.9. The Morgan fingerprint density at radius 1 is 0.350 bits per heavy atom. The van der Waals surface area contributed by atoms with Gasteiger partial charge in [0.1, 0.15) is 0 Å². The first-order valence-electron chi connectivity index (χ1n) is 23.6. The Morgan fingerprint density at radius 2 is 0.700 bits per heavy atom. The molecule has 0 saturated heterocycles. The molecule has 6 aromatic carbocycles. The normalized spacial score (nSPS) is 15.6. The average molecular weight is 810 g/mol. The first-order chi connectivity index (χ1) is 29.1. The number of benzene rings is 6. The highest BCUT2D eigenvalue weighted by atomic mass is 35.5. The highest BCUT2D eigenvalue weighted by molar-refractivity contribution is 6.30. The molecule has 0 atom stereocenters. The molecule has 0 spiro atoms. The van der Waals surface area contributed by atoms with Crippen LogP contribution >= 0.6 is 11.6 Å². The smallest absolute Gasteiger partial charge is 0.0409 e. The van der Waals surface area contributed by atoms with E-state index in [1.165, 1.54) is 168 Å². The Bertz CT molecular complexity index is 2530. The lowest BCUT2D eigenvalue weighted by Gasteiger charge is -2.33. The molecular formula is C59H65Cl. The number of halogens is 1. The van der Waals surface area contributed by atoms with E-state index in [-0.39, 0.29) is 16.2 Å². The highest BCUT2D eigenvalue weighted by Crippen LogP contribution is 2.56. The van der Waals surface area contributed by atoms with Crippen molar-refractivity contribution < 1.29 is 0 Å². The van der Waals surface area contributed by atoms with E-state index in [0.29, 0.717) is 0 Å². The van der Waals surface area contributed by atoms with Gasteiger partial charge in [-0.2, -0.15) is 0 Å². The molecule has 0 radical (unpaired) electrons. The summed E-state index contributed by atoms with van der Waals surface area (Å²) in [6.45, 7) is 14.2. The van der Waals surface area contributed by atoms with E-state index in [0.717, 1.165) is 5.02 Å². The summed E-state index contributed by atoms with van der Waals surface area (Å²) in [6, 6.07) is 45.0. The van der Waals surface area contributed by atoms with E-state index in [1.807, 2.05) is 6.07 Å². The minimum absolute atomic E-state index is 0.0860. The zero-order chi connectivity index (χ0) is 41.6. The van der Waals surface area contributed by atoms with Crippen molar-refractivity contribution in [3.63, 3.8) is 0 Å². The zero-order valence-electron chi connectivity index (χ0n) is 37.2. The SMILES string of the molecule is CCCCCCCCC1(CCCCCCCC)c2ccccc2-c2ccc(-c3ccc4c(c3)C(C)(C)c3cc(-c5ccc6c(c5)C(C)(C)c5cc(Cl)ccc5-6)ccc3-4)cc21. The van der Waals surface area contributed by atoms with Crippen LogP contribution in [-0.4, -0.2) is 0 Å². The molecule has 0 bridgehead atoms. The third-order valence-electron chi connectivity index (χ3n) is 15.2. The van der Waals surface area contributed by atoms with Crippen LogP contribution in [0, 0.1) is 0 Å². The molecule has 0 unspecified atom stereocenters. The molecule has 3 aliphatic rings. The van der Waals surface area contributed by atoms with Crippen LogP contribution in [-0.2, 0) is 16.2 Å². The van der Waals surface area contributed by atoms with Gasteiger partial charge in [0.05, 0.1) is 0 Å². The molecular weight excluding hydrogens is 744 g/mol. The predicted octanol–water partition coefficient (Wildman–Crippen LogP) is 18.1. The summed E-state index contributed by atoms with van der Waals surface area (Å²) in [4.78, 5) is 0. The van der Waals surface area contributed by atoms with Crippen molar-refractivity contribution in [1.29, 1.82) is 0 Å². The molecule has 9 rings (SSSR count). The topological polar surface area (TPSA) is 0 Å². The van der Waals surface area contributed by atoms with Crippen molar-refractivity contribution in [2.75, 3.05) is 0 Å². The minimum Gasteiger partial charge on any atom is -0.0843 e. The van der Waals surface area contributed by atoms with Crippen molar-refractivity contribution in [1.82, 2.24) is 0 Å². The van der Waals surface area contributed by atoms with Crippen LogP contribution in [0.4, 0.5) is 0 Å². The maximum absolute atomic E-state index is 6.50. The Morgan fingerprint density at radius 3 is 1.17 bits per heavy atom. The van der Waals surface area contributed by atoms with E-state index in [9.17, 15) is 0 Å². The molecule has 0 saturated carbocycles. The third kappa shape index (κ3) is 7.00. The van der Waals surface area contributed by atoms with E-state index >= 15 is 0 Å². The van der Waals surface area contributed by atoms with Crippen LogP contribution in [0.3, 0.4) is 0 Å². The van der Waals surface area contributed by atoms with Gasteiger partial charge >= 0.3 is 0 Å². The van der Waals surface area contributed by atoms with Gasteiger partial charge in [0.25, 0.3) is 0 Å². The largest absolute Gasteiger partial charge is 0.0843 e. The van der Waals surface area contributed by atoms with Gasteiger partial charge in [-0.25, -0.2) is 0 Å². The lowest BCUT2D eigenvalue weighted by Crippen LogP contribution is -2.25. The summed E-state index contributed by atoms with van der Waals surface area (Å²) < 4.78 is 0. The minimum atomic E-state index is -0.119. The molecule has 0 N–H and O–H groups in total. The average Bonchev–Trinajstić information content (AvgIpc) is 3.76. The van der Waals surface area contributed by atoms with Crippen LogP contribution in [0.1, 0.15) is 165 Å². The number of unbranched alkanes of at least 4 members (excludes halogenated alkanes) is 10. The van der Waals surface area contributed by atoms with Crippen molar-refractivity contribution in [3.8, 4) is 55.6 Å². The predicted molar refractivity (Wildman–Crippen MR) is 260 cm³/mol. The molecule has 6 aromatic rings. The first kappa shape index (κ1) is 41.0. The van der Waals surface area contributed by atoms with Crippen LogP contribution in [0.2, 0.25) is 5.02 Å². The standard InChI is InChI=1S/C59H65Cl/c1-7-9-11-13-15-19-33-59(34-20-16-14-12-10-8-2)51-22-18-17-21-45(51)50-31-26-43(38-56(50)59)42-25-29-47-46-28-23-40(35-52(46)57(3,4)53(47)37-42)41-24-30-48-49-32-27-44(60)39-55(49)58(5,6)54(48)36-41/h17-18,21-32,35-39H,7-16,19-20,33-34H2,1-6H3. The second-order valence-corrected chi connectivity index (χ2v) is 20.1. The molecule has 0 amide bonds. The van der Waals surface area contributed by atoms with E-state index in [1.54, 1.807) is 11.1 Å². The second kappa shape index (κ2) is 16.5. The van der Waals surface area contributed by atoms with Gasteiger partial charge < -0.3 is 0 Å². The quantitative estimate of drug-likeness (QED) is 0.0855. The van der Waals surface area contributed by atoms with Crippen LogP contribution < -0.4 is 0 Å². The van der Waals surface area contributed by atoms with Gasteiger partial charge in [0.15, 0.2) is 0 Å². The lowest BCUT2D eigenvalue weighted by molar-refractivity contribution is 0.398. The molecule has 60 heavy (non-hydrogen) atoms. The summed E-state index contributed by atoms with van der Waals surface area (Å²) in [5.41, 5.74) is 22.2. The number of hydrogen-bond donors (Lipinski definition) is 0. The highest BCUT2D eigenvalue weighted by Gasteiger charge is 2.43. The second-order valence-electron chi connectivity index (χ2n) is 19.6. The summed E-state index contributed by atoms with van der Waals surface area (Å²) in [6.07, 6.45) is 18.6. The maximum atomic E-state index is 6.50. The van der Waals surface area contributed by atoms with E-state index in [2.05, 4.69) is 151 Å². The number of fused-ring (bicyclic) bond motifs is 9. The molecule has 0 aromatic heterocycles. The summed E-state index contributed by atoms with van der Waals surface area (Å²) in [5.74, 6) is 0. The molecule has 3 aliphatic carbocycles. The van der Waals surface area contributed by atoms with Crippen molar-refractivity contribution >= 4 is 11.6 Å². The fraction of sp³-hybridized carbons (Fsp3) is 0.390. The Balaban J connectivity index is 1.04. The summed E-state index contributed by atoms with van der Waals surface area (Å²) in [5, 5.41) is 0.806. The first-order valence-corrected chi connectivity index (χ1v) is 24.0. The van der Waals surface area contributed by atoms with Crippen LogP contribution in [0.5, 0.6) is 0 Å². The monoisotopic (exact) mass is 808 g/mol. The zero-order valence-corrected chi connectivity index (χ0v) is 38.0. The number of hydrogen-bond acceptors (Lipinski definition) is 0. The Labute approximate surface area is 366 Å². The van der Waals surface area contributed by atoms with E-state index < -0.39 is 0 Å². The van der Waals surface area contributed by atoms with Gasteiger partial charge in [-0.1, -0.05) is 209 Å². The Kier molecular flexibility index (Phi) is 11.3. The molecule has 0 nitrogen and oxygen atoms in total. The van der Waals surface area contributed by atoms with Crippen molar-refractivity contribution in [2.24, 2.45) is 0 Å². The van der Waals surface area contributed by atoms with Crippen molar-refractivity contribution in [3.05, 3.63) is 154 Å². The van der Waals surface area contributed by atoms with Gasteiger partial charge in [0.2, 0.25) is 0 Å². The molecule has 0 heterocycles. The Hall–Kier alpha value is -4.39. The number of rotatable bonds is 16. The van der Waals surface area contributed by atoms with Crippen LogP contribution in [0.15, 0.2) is 115 Å². The molecule has 308 valence electrons. The third-order valence-corrected chi connectivity index (χ3v) is 15.4. The molecule has 0 fully saturated rings. The van der Waals surface area contributed by atoms with Crippen LogP contribution in [0.25, 0.3) is 55.6 Å². The van der Waals surface area contributed by atoms with Gasteiger partial charge in [-0.15, -0.1) is 0 Å². The van der Waals surface area contributed by atoms with Gasteiger partial charge in [-0.05, 0) is 138 Å². The lowest BCUT2D eigenvalue weighted by atomic mass is 9.70. The van der Waals surface area contributed by atoms with Gasteiger partial charge in [0, 0.05) is 21.3 Å². The molecule has 1 heteroatoms. The van der Waals surface area contributed by atoms with E-state index in [4.69, 9.17) is 11.6 Å².